The lowest BCUT2D eigenvalue weighted by Gasteiger charge is -2.14. The average molecular weight is 333 g/mol. The Morgan fingerprint density at radius 3 is 2.76 bits per heavy atom. The molecule has 2 aromatic heterocycles. The molecule has 25 heavy (non-hydrogen) atoms. The number of amides is 1. The number of aliphatic hydroxyl groups is 1. The van der Waals surface area contributed by atoms with Gasteiger partial charge in [-0.05, 0) is 37.1 Å². The van der Waals surface area contributed by atoms with E-state index in [1.807, 2.05) is 42.5 Å². The van der Waals surface area contributed by atoms with Crippen molar-refractivity contribution in [2.24, 2.45) is 5.41 Å². The number of carbonyl (C=O) groups excluding carboxylic acids is 1. The quantitative estimate of drug-likeness (QED) is 0.753. The molecule has 1 aromatic carbocycles. The minimum absolute atomic E-state index is 0.116. The largest absolute Gasteiger partial charge is 0.396 e. The minimum atomic E-state index is -0.136. The molecule has 5 heteroatoms. The molecule has 0 aliphatic heterocycles. The van der Waals surface area contributed by atoms with Crippen LogP contribution in [-0.4, -0.2) is 34.1 Å². The van der Waals surface area contributed by atoms with Crippen molar-refractivity contribution in [2.45, 2.75) is 12.8 Å². The first-order valence-corrected chi connectivity index (χ1v) is 8.40. The number of aromatic nitrogens is 2. The lowest BCUT2D eigenvalue weighted by atomic mass is 10.0. The topological polar surface area (TPSA) is 75.1 Å². The molecule has 1 saturated carbocycles. The molecule has 126 valence electrons. The van der Waals surface area contributed by atoms with Crippen LogP contribution in [0, 0.1) is 5.41 Å². The van der Waals surface area contributed by atoms with E-state index in [0.717, 1.165) is 35.0 Å². The van der Waals surface area contributed by atoms with Crippen LogP contribution in [0.25, 0.3) is 22.2 Å². The van der Waals surface area contributed by atoms with Crippen LogP contribution < -0.4 is 5.32 Å². The van der Waals surface area contributed by atoms with Crippen molar-refractivity contribution >= 4 is 16.8 Å². The molecule has 0 unspecified atom stereocenters. The molecule has 2 heterocycles. The molecular formula is C20H19N3O2. The zero-order valence-corrected chi connectivity index (χ0v) is 13.8. The number of carbonyl (C=O) groups is 1. The van der Waals surface area contributed by atoms with Crippen LogP contribution >= 0.6 is 0 Å². The smallest absolute Gasteiger partial charge is 0.252 e. The second-order valence-corrected chi connectivity index (χ2v) is 6.65. The van der Waals surface area contributed by atoms with Gasteiger partial charge in [0.05, 0.1) is 23.4 Å². The summed E-state index contributed by atoms with van der Waals surface area (Å²) in [6.07, 6.45) is 5.37. The molecule has 5 nitrogen and oxygen atoms in total. The Hall–Kier alpha value is -2.79. The van der Waals surface area contributed by atoms with Crippen LogP contribution in [0.4, 0.5) is 0 Å². The molecule has 0 saturated heterocycles. The van der Waals surface area contributed by atoms with E-state index in [2.05, 4.69) is 15.3 Å². The zero-order chi connectivity index (χ0) is 17.3. The Labute approximate surface area is 145 Å². The molecule has 1 aliphatic rings. The summed E-state index contributed by atoms with van der Waals surface area (Å²) in [5.41, 5.74) is 2.84. The van der Waals surface area contributed by atoms with Gasteiger partial charge in [-0.15, -0.1) is 0 Å². The van der Waals surface area contributed by atoms with E-state index in [4.69, 9.17) is 0 Å². The average Bonchev–Trinajstić information content (AvgIpc) is 3.46. The highest BCUT2D eigenvalue weighted by molar-refractivity contribution is 6.07. The molecule has 0 bridgehead atoms. The summed E-state index contributed by atoms with van der Waals surface area (Å²) in [4.78, 5) is 21.6. The second kappa shape index (κ2) is 6.26. The molecule has 2 N–H and O–H groups in total. The molecule has 0 spiro atoms. The van der Waals surface area contributed by atoms with Crippen molar-refractivity contribution in [2.75, 3.05) is 13.2 Å². The molecule has 1 fully saturated rings. The molecular weight excluding hydrogens is 314 g/mol. The monoisotopic (exact) mass is 333 g/mol. The number of nitrogens with one attached hydrogen (secondary N) is 1. The van der Waals surface area contributed by atoms with E-state index < -0.39 is 0 Å². The summed E-state index contributed by atoms with van der Waals surface area (Å²) < 4.78 is 0. The molecule has 4 rings (SSSR count). The lowest BCUT2D eigenvalue weighted by molar-refractivity contribution is 0.0937. The van der Waals surface area contributed by atoms with E-state index in [9.17, 15) is 9.90 Å². The van der Waals surface area contributed by atoms with Crippen molar-refractivity contribution in [1.29, 1.82) is 0 Å². The molecule has 0 atom stereocenters. The normalized spacial score (nSPS) is 15.1. The fraction of sp³-hybridized carbons (Fsp3) is 0.250. The summed E-state index contributed by atoms with van der Waals surface area (Å²) in [6, 6.07) is 13.2. The van der Waals surface area contributed by atoms with E-state index in [0.29, 0.717) is 12.1 Å². The van der Waals surface area contributed by atoms with Crippen LogP contribution in [-0.2, 0) is 0 Å². The van der Waals surface area contributed by atoms with Gasteiger partial charge >= 0.3 is 0 Å². The van der Waals surface area contributed by atoms with Gasteiger partial charge in [-0.25, -0.2) is 4.98 Å². The van der Waals surface area contributed by atoms with Gasteiger partial charge in [-0.1, -0.05) is 18.2 Å². The molecule has 3 aromatic rings. The number of pyridine rings is 2. The van der Waals surface area contributed by atoms with Gasteiger partial charge in [0.15, 0.2) is 0 Å². The number of hydrogen-bond acceptors (Lipinski definition) is 4. The molecule has 1 aliphatic carbocycles. The SMILES string of the molecule is O=C(NCC1(CO)CC1)c1cc(-c2cccnc2)nc2ccccc12. The van der Waals surface area contributed by atoms with E-state index >= 15 is 0 Å². The third kappa shape index (κ3) is 3.10. The van der Waals surface area contributed by atoms with Gasteiger partial charge < -0.3 is 10.4 Å². The van der Waals surface area contributed by atoms with Gasteiger partial charge in [0.1, 0.15) is 0 Å². The Kier molecular flexibility index (Phi) is 3.93. The van der Waals surface area contributed by atoms with Gasteiger partial charge in [-0.2, -0.15) is 0 Å². The zero-order valence-electron chi connectivity index (χ0n) is 13.8. The third-order valence-corrected chi connectivity index (χ3v) is 4.83. The first-order chi connectivity index (χ1) is 12.2. The van der Waals surface area contributed by atoms with Gasteiger partial charge in [-0.3, -0.25) is 9.78 Å². The summed E-state index contributed by atoms with van der Waals surface area (Å²) in [7, 11) is 0. The number of aliphatic hydroxyl groups excluding tert-OH is 1. The highest BCUT2D eigenvalue weighted by atomic mass is 16.3. The van der Waals surface area contributed by atoms with Crippen molar-refractivity contribution in [3.05, 3.63) is 60.4 Å². The Bertz CT molecular complexity index is 921. The first-order valence-electron chi connectivity index (χ1n) is 8.40. The minimum Gasteiger partial charge on any atom is -0.396 e. The number of rotatable bonds is 5. The van der Waals surface area contributed by atoms with Crippen molar-refractivity contribution in [1.82, 2.24) is 15.3 Å². The maximum atomic E-state index is 12.8. The van der Waals surface area contributed by atoms with Gasteiger partial charge in [0, 0.05) is 35.3 Å². The highest BCUT2D eigenvalue weighted by Crippen LogP contribution is 2.44. The second-order valence-electron chi connectivity index (χ2n) is 6.65. The number of nitrogens with zero attached hydrogens (tertiary/aromatic N) is 2. The lowest BCUT2D eigenvalue weighted by Crippen LogP contribution is -2.32. The fourth-order valence-corrected chi connectivity index (χ4v) is 2.96. The Morgan fingerprint density at radius 1 is 1.20 bits per heavy atom. The number of fused-ring (bicyclic) bond motifs is 1. The predicted octanol–water partition coefficient (Wildman–Crippen LogP) is 2.80. The number of benzene rings is 1. The van der Waals surface area contributed by atoms with Crippen molar-refractivity contribution in [3.8, 4) is 11.3 Å². The summed E-state index contributed by atoms with van der Waals surface area (Å²) in [5.74, 6) is -0.136. The van der Waals surface area contributed by atoms with Crippen LogP contribution in [0.15, 0.2) is 54.9 Å². The van der Waals surface area contributed by atoms with Crippen molar-refractivity contribution < 1.29 is 9.90 Å². The molecule has 0 radical (unpaired) electrons. The van der Waals surface area contributed by atoms with Crippen LogP contribution in [0.1, 0.15) is 23.2 Å². The standard InChI is InChI=1S/C20H19N3O2/c24-13-20(7-8-20)12-22-19(25)16-10-18(14-4-3-9-21-11-14)23-17-6-2-1-5-15(16)17/h1-6,9-11,24H,7-8,12-13H2,(H,22,25). The Morgan fingerprint density at radius 2 is 2.04 bits per heavy atom. The number of hydrogen-bond donors (Lipinski definition) is 2. The van der Waals surface area contributed by atoms with Crippen LogP contribution in [0.5, 0.6) is 0 Å². The van der Waals surface area contributed by atoms with Crippen molar-refractivity contribution in [3.63, 3.8) is 0 Å². The highest BCUT2D eigenvalue weighted by Gasteiger charge is 2.42. The molecule has 1 amide bonds. The van der Waals surface area contributed by atoms with Crippen LogP contribution in [0.2, 0.25) is 0 Å². The first kappa shape index (κ1) is 15.7. The summed E-state index contributed by atoms with van der Waals surface area (Å²) in [6.45, 7) is 0.618. The fourth-order valence-electron chi connectivity index (χ4n) is 2.96. The van der Waals surface area contributed by atoms with E-state index in [1.54, 1.807) is 12.4 Å². The van der Waals surface area contributed by atoms with Crippen LogP contribution in [0.3, 0.4) is 0 Å². The Balaban J connectivity index is 1.72. The van der Waals surface area contributed by atoms with Gasteiger partial charge in [0.25, 0.3) is 5.91 Å². The predicted molar refractivity (Wildman–Crippen MR) is 96.1 cm³/mol. The van der Waals surface area contributed by atoms with Gasteiger partial charge in [0.2, 0.25) is 0 Å². The maximum Gasteiger partial charge on any atom is 0.252 e. The summed E-state index contributed by atoms with van der Waals surface area (Å²) in [5, 5.41) is 13.2. The van der Waals surface area contributed by atoms with E-state index in [1.165, 1.54) is 0 Å². The van der Waals surface area contributed by atoms with E-state index in [-0.39, 0.29) is 17.9 Å². The number of para-hydroxylation sites is 1. The maximum absolute atomic E-state index is 12.8. The summed E-state index contributed by atoms with van der Waals surface area (Å²) >= 11 is 0. The third-order valence-electron chi connectivity index (χ3n) is 4.83.